The van der Waals surface area contributed by atoms with Gasteiger partial charge in [-0.25, -0.2) is 9.37 Å². The predicted molar refractivity (Wildman–Crippen MR) is 65.8 cm³/mol. The van der Waals surface area contributed by atoms with Crippen LogP contribution in [-0.2, 0) is 6.42 Å². The second-order valence-corrected chi connectivity index (χ2v) is 5.15. The summed E-state index contributed by atoms with van der Waals surface area (Å²) in [5.74, 6) is -0.442. The molecule has 2 nitrogen and oxygen atoms in total. The highest BCUT2D eigenvalue weighted by atomic mass is 35.5. The zero-order valence-electron chi connectivity index (χ0n) is 8.01. The van der Waals surface area contributed by atoms with Crippen molar-refractivity contribution in [3.63, 3.8) is 0 Å². The molecule has 0 bridgehead atoms. The van der Waals surface area contributed by atoms with E-state index in [0.717, 1.165) is 4.88 Å². The quantitative estimate of drug-likeness (QED) is 0.907. The number of halogens is 3. The van der Waals surface area contributed by atoms with Gasteiger partial charge in [-0.15, -0.1) is 11.3 Å². The van der Waals surface area contributed by atoms with Crippen LogP contribution in [0.15, 0.2) is 18.3 Å². The molecule has 84 valence electrons. The molecular weight excluding hydrogens is 270 g/mol. The first-order valence-corrected chi connectivity index (χ1v) is 5.97. The minimum atomic E-state index is -0.442. The van der Waals surface area contributed by atoms with Gasteiger partial charge in [0.05, 0.1) is 0 Å². The van der Waals surface area contributed by atoms with Crippen LogP contribution in [0.2, 0.25) is 10.0 Å². The average Bonchev–Trinajstić information content (AvgIpc) is 2.58. The molecule has 0 radical (unpaired) electrons. The maximum Gasteiger partial charge on any atom is 0.180 e. The molecule has 16 heavy (non-hydrogen) atoms. The fraction of sp³-hybridized carbons (Fsp3) is 0.100. The molecule has 0 atom stereocenters. The summed E-state index contributed by atoms with van der Waals surface area (Å²) in [4.78, 5) is 4.86. The highest BCUT2D eigenvalue weighted by Crippen LogP contribution is 2.30. The summed E-state index contributed by atoms with van der Waals surface area (Å²) < 4.78 is 13.0. The smallest absolute Gasteiger partial charge is 0.180 e. The summed E-state index contributed by atoms with van der Waals surface area (Å²) in [6, 6.07) is 2.49. The molecule has 0 spiro atoms. The molecular formula is C10H7Cl2FN2S. The van der Waals surface area contributed by atoms with Crippen molar-refractivity contribution >= 4 is 39.7 Å². The zero-order chi connectivity index (χ0) is 11.7. The third kappa shape index (κ3) is 2.45. The van der Waals surface area contributed by atoms with Gasteiger partial charge in [-0.3, -0.25) is 0 Å². The van der Waals surface area contributed by atoms with Crippen molar-refractivity contribution in [1.82, 2.24) is 4.98 Å². The van der Waals surface area contributed by atoms with E-state index in [0.29, 0.717) is 27.2 Å². The van der Waals surface area contributed by atoms with E-state index in [1.165, 1.54) is 23.5 Å². The Kier molecular flexibility index (Phi) is 3.33. The topological polar surface area (TPSA) is 38.9 Å². The van der Waals surface area contributed by atoms with E-state index in [1.54, 1.807) is 6.20 Å². The van der Waals surface area contributed by atoms with E-state index in [2.05, 4.69) is 4.98 Å². The third-order valence-corrected chi connectivity index (χ3v) is 3.53. The lowest BCUT2D eigenvalue weighted by molar-refractivity contribution is 0.627. The zero-order valence-corrected chi connectivity index (χ0v) is 10.3. The maximum absolute atomic E-state index is 13.0. The number of nitrogen functional groups attached to an aromatic ring is 1. The lowest BCUT2D eigenvalue weighted by Gasteiger charge is -2.05. The van der Waals surface area contributed by atoms with Gasteiger partial charge in [0.15, 0.2) is 5.13 Å². The Balaban J connectivity index is 2.34. The van der Waals surface area contributed by atoms with E-state index in [4.69, 9.17) is 28.9 Å². The molecule has 0 aliphatic heterocycles. The monoisotopic (exact) mass is 276 g/mol. The summed E-state index contributed by atoms with van der Waals surface area (Å²) in [6.45, 7) is 0. The van der Waals surface area contributed by atoms with Crippen LogP contribution in [0.1, 0.15) is 10.4 Å². The Morgan fingerprint density at radius 3 is 2.44 bits per heavy atom. The third-order valence-electron chi connectivity index (χ3n) is 2.03. The Morgan fingerprint density at radius 2 is 1.94 bits per heavy atom. The summed E-state index contributed by atoms with van der Waals surface area (Å²) >= 11 is 13.2. The molecule has 0 saturated heterocycles. The Hall–Kier alpha value is -0.840. The number of hydrogen-bond acceptors (Lipinski definition) is 3. The molecule has 2 N–H and O–H groups in total. The normalized spacial score (nSPS) is 10.7. The van der Waals surface area contributed by atoms with Crippen molar-refractivity contribution in [1.29, 1.82) is 0 Å². The van der Waals surface area contributed by atoms with Crippen molar-refractivity contribution in [3.8, 4) is 0 Å². The van der Waals surface area contributed by atoms with Gasteiger partial charge in [0.1, 0.15) is 5.82 Å². The predicted octanol–water partition coefficient (Wildman–Crippen LogP) is 3.76. The molecule has 0 unspecified atom stereocenters. The molecule has 0 fully saturated rings. The number of benzene rings is 1. The largest absolute Gasteiger partial charge is 0.375 e. The van der Waals surface area contributed by atoms with Crippen LogP contribution in [0.3, 0.4) is 0 Å². The van der Waals surface area contributed by atoms with E-state index >= 15 is 0 Å². The van der Waals surface area contributed by atoms with Crippen LogP contribution in [-0.4, -0.2) is 4.98 Å². The van der Waals surface area contributed by atoms with Gasteiger partial charge >= 0.3 is 0 Å². The number of nitrogens with zero attached hydrogens (tertiary/aromatic N) is 1. The van der Waals surface area contributed by atoms with Crippen LogP contribution >= 0.6 is 34.5 Å². The van der Waals surface area contributed by atoms with Crippen molar-refractivity contribution in [2.75, 3.05) is 5.73 Å². The van der Waals surface area contributed by atoms with Crippen molar-refractivity contribution in [3.05, 3.63) is 44.6 Å². The van der Waals surface area contributed by atoms with Crippen molar-refractivity contribution in [2.45, 2.75) is 6.42 Å². The molecule has 2 rings (SSSR count). The first-order valence-electron chi connectivity index (χ1n) is 4.40. The van der Waals surface area contributed by atoms with Gasteiger partial charge in [0.2, 0.25) is 0 Å². The van der Waals surface area contributed by atoms with Crippen LogP contribution in [0, 0.1) is 5.82 Å². The van der Waals surface area contributed by atoms with Crippen molar-refractivity contribution in [2.24, 2.45) is 0 Å². The van der Waals surface area contributed by atoms with E-state index in [1.807, 2.05) is 0 Å². The minimum absolute atomic E-state index is 0.317. The first-order chi connectivity index (χ1) is 7.56. The Bertz CT molecular complexity index is 504. The molecule has 0 saturated carbocycles. The Morgan fingerprint density at radius 1 is 1.31 bits per heavy atom. The molecule has 0 aliphatic carbocycles. The van der Waals surface area contributed by atoms with E-state index in [-0.39, 0.29) is 0 Å². The van der Waals surface area contributed by atoms with Crippen LogP contribution in [0.25, 0.3) is 0 Å². The van der Waals surface area contributed by atoms with Gasteiger partial charge in [-0.05, 0) is 17.7 Å². The number of hydrogen-bond donors (Lipinski definition) is 1. The molecule has 1 aromatic heterocycles. The summed E-state index contributed by atoms with van der Waals surface area (Å²) in [5, 5.41) is 1.12. The van der Waals surface area contributed by atoms with Crippen LogP contribution in [0.4, 0.5) is 9.52 Å². The number of thiazole rings is 1. The second kappa shape index (κ2) is 4.57. The number of aromatic nitrogens is 1. The molecule has 0 aliphatic rings. The lowest BCUT2D eigenvalue weighted by atomic mass is 10.1. The Labute approximate surface area is 106 Å². The standard InChI is InChI=1S/C10H7Cl2FN2S/c11-8-1-5(13)2-9(12)7(8)3-6-4-15-10(14)16-6/h1-2,4H,3H2,(H2,14,15). The van der Waals surface area contributed by atoms with Crippen LogP contribution < -0.4 is 5.73 Å². The van der Waals surface area contributed by atoms with Gasteiger partial charge < -0.3 is 5.73 Å². The maximum atomic E-state index is 13.0. The molecule has 0 amide bonds. The van der Waals surface area contributed by atoms with Crippen LogP contribution in [0.5, 0.6) is 0 Å². The number of nitrogens with two attached hydrogens (primary N) is 1. The summed E-state index contributed by atoms with van der Waals surface area (Å²) in [7, 11) is 0. The second-order valence-electron chi connectivity index (χ2n) is 3.19. The van der Waals surface area contributed by atoms with Crippen molar-refractivity contribution < 1.29 is 4.39 Å². The highest BCUT2D eigenvalue weighted by Gasteiger charge is 2.10. The van der Waals surface area contributed by atoms with Gasteiger partial charge in [-0.2, -0.15) is 0 Å². The number of anilines is 1. The average molecular weight is 277 g/mol. The molecule has 6 heteroatoms. The lowest BCUT2D eigenvalue weighted by Crippen LogP contribution is -1.90. The summed E-state index contributed by atoms with van der Waals surface area (Å²) in [5.41, 5.74) is 6.20. The fourth-order valence-corrected chi connectivity index (χ4v) is 2.61. The number of rotatable bonds is 2. The SMILES string of the molecule is Nc1ncc(Cc2c(Cl)cc(F)cc2Cl)s1. The van der Waals surface area contributed by atoms with E-state index in [9.17, 15) is 4.39 Å². The first kappa shape index (κ1) is 11.6. The highest BCUT2D eigenvalue weighted by molar-refractivity contribution is 7.15. The molecule has 2 aromatic rings. The summed E-state index contributed by atoms with van der Waals surface area (Å²) in [6.07, 6.45) is 2.17. The fourth-order valence-electron chi connectivity index (χ4n) is 1.32. The van der Waals surface area contributed by atoms with E-state index < -0.39 is 5.82 Å². The van der Waals surface area contributed by atoms with Gasteiger partial charge in [0.25, 0.3) is 0 Å². The van der Waals surface area contributed by atoms with Gasteiger partial charge in [0, 0.05) is 27.5 Å². The molecule has 1 aromatic carbocycles. The molecule has 1 heterocycles. The van der Waals surface area contributed by atoms with Gasteiger partial charge in [-0.1, -0.05) is 23.2 Å². The minimum Gasteiger partial charge on any atom is -0.375 e.